The number of nitrogens with zero attached hydrogens (tertiary/aromatic N) is 4. The van der Waals surface area contributed by atoms with Crippen LogP contribution in [-0.2, 0) is 4.79 Å². The van der Waals surface area contributed by atoms with Crippen LogP contribution in [0.3, 0.4) is 0 Å². The summed E-state index contributed by atoms with van der Waals surface area (Å²) < 4.78 is 0. The molecular weight excluding hydrogens is 404 g/mol. The molecule has 0 aliphatic carbocycles. The Morgan fingerprint density at radius 1 is 1.19 bits per heavy atom. The van der Waals surface area contributed by atoms with Gasteiger partial charge in [-0.15, -0.1) is 0 Å². The normalized spacial score (nSPS) is 15.4. The highest BCUT2D eigenvalue weighted by molar-refractivity contribution is 6.09. The van der Waals surface area contributed by atoms with Crippen molar-refractivity contribution in [2.24, 2.45) is 10.7 Å². The minimum atomic E-state index is -0.880. The number of aliphatic imine (C=N–C) groups is 1. The number of fused-ring (bicyclic) bond motifs is 1. The van der Waals surface area contributed by atoms with E-state index in [-0.39, 0.29) is 12.6 Å². The number of para-hydroxylation sites is 2. The van der Waals surface area contributed by atoms with Gasteiger partial charge in [-0.2, -0.15) is 0 Å². The predicted molar refractivity (Wildman–Crippen MR) is 128 cm³/mol. The van der Waals surface area contributed by atoms with E-state index in [1.807, 2.05) is 48.5 Å². The van der Waals surface area contributed by atoms with Gasteiger partial charge < -0.3 is 21.1 Å². The predicted octanol–water partition coefficient (Wildman–Crippen LogP) is 3.17. The smallest absolute Gasteiger partial charge is 0.322 e. The Labute approximate surface area is 186 Å². The summed E-state index contributed by atoms with van der Waals surface area (Å²) in [5.41, 5.74) is 10.9. The minimum absolute atomic E-state index is 0.0984. The summed E-state index contributed by atoms with van der Waals surface area (Å²) in [6.45, 7) is 1.66. The van der Waals surface area contributed by atoms with Gasteiger partial charge in [0.25, 0.3) is 0 Å². The molecular formula is C24H26N6O2. The van der Waals surface area contributed by atoms with E-state index >= 15 is 0 Å². The first kappa shape index (κ1) is 21.3. The number of carbonyl (C=O) groups is 1. The number of carboxylic acids is 1. The number of piperidine rings is 1. The lowest BCUT2D eigenvalue weighted by atomic mass is 10.0. The molecule has 0 atom stereocenters. The standard InChI is InChI=1S/C24H26N6O2/c25-13-17(23-15-28-21-6-1-2-7-22(21)29-23)14-26-18-8-10-30(11-9-18)20-5-3-4-19(12-20)27-16-24(31)32/h1-7,12-15,18,27H,8-11,16,25H2,(H,31,32). The fraction of sp³-hybridized carbons (Fsp3) is 0.250. The molecule has 0 spiro atoms. The summed E-state index contributed by atoms with van der Waals surface area (Å²) in [5, 5.41) is 11.8. The lowest BCUT2D eigenvalue weighted by Gasteiger charge is -2.32. The average molecular weight is 431 g/mol. The van der Waals surface area contributed by atoms with E-state index in [1.54, 1.807) is 12.4 Å². The van der Waals surface area contributed by atoms with Crippen LogP contribution < -0.4 is 16.0 Å². The number of hydrogen-bond donors (Lipinski definition) is 3. The van der Waals surface area contributed by atoms with Gasteiger partial charge in [0.05, 0.1) is 29.0 Å². The molecule has 1 aromatic heterocycles. The zero-order valence-electron chi connectivity index (χ0n) is 17.7. The number of benzene rings is 2. The summed E-state index contributed by atoms with van der Waals surface area (Å²) in [4.78, 5) is 26.9. The first-order valence-corrected chi connectivity index (χ1v) is 10.6. The van der Waals surface area contributed by atoms with Crippen LogP contribution in [0.4, 0.5) is 11.4 Å². The molecule has 2 aromatic carbocycles. The number of hydrogen-bond acceptors (Lipinski definition) is 7. The molecule has 8 heteroatoms. The van der Waals surface area contributed by atoms with E-state index in [0.29, 0.717) is 5.69 Å². The van der Waals surface area contributed by atoms with Gasteiger partial charge in [-0.1, -0.05) is 18.2 Å². The van der Waals surface area contributed by atoms with Gasteiger partial charge in [-0.25, -0.2) is 4.98 Å². The largest absolute Gasteiger partial charge is 0.480 e. The molecule has 2 heterocycles. The summed E-state index contributed by atoms with van der Waals surface area (Å²) >= 11 is 0. The van der Waals surface area contributed by atoms with Gasteiger partial charge >= 0.3 is 5.97 Å². The van der Waals surface area contributed by atoms with Crippen LogP contribution in [-0.4, -0.2) is 52.9 Å². The highest BCUT2D eigenvalue weighted by atomic mass is 16.4. The molecule has 1 fully saturated rings. The molecule has 4 rings (SSSR count). The van der Waals surface area contributed by atoms with Crippen molar-refractivity contribution < 1.29 is 9.90 Å². The van der Waals surface area contributed by atoms with E-state index in [1.165, 1.54) is 6.20 Å². The Morgan fingerprint density at radius 3 is 2.72 bits per heavy atom. The highest BCUT2D eigenvalue weighted by Gasteiger charge is 2.19. The van der Waals surface area contributed by atoms with Crippen molar-refractivity contribution in [1.82, 2.24) is 9.97 Å². The van der Waals surface area contributed by atoms with Crippen LogP contribution >= 0.6 is 0 Å². The molecule has 1 saturated heterocycles. The van der Waals surface area contributed by atoms with Crippen LogP contribution in [0, 0.1) is 0 Å². The Balaban J connectivity index is 1.36. The zero-order valence-corrected chi connectivity index (χ0v) is 17.7. The number of anilines is 2. The van der Waals surface area contributed by atoms with Crippen molar-refractivity contribution in [3.8, 4) is 0 Å². The average Bonchev–Trinajstić information content (AvgIpc) is 2.83. The van der Waals surface area contributed by atoms with Crippen molar-refractivity contribution in [2.45, 2.75) is 18.9 Å². The quantitative estimate of drug-likeness (QED) is 0.493. The Morgan fingerprint density at radius 2 is 1.97 bits per heavy atom. The number of carboxylic acid groups (broad SMARTS) is 1. The van der Waals surface area contributed by atoms with E-state index in [0.717, 1.165) is 53.9 Å². The summed E-state index contributed by atoms with van der Waals surface area (Å²) in [6, 6.07) is 15.8. The summed E-state index contributed by atoms with van der Waals surface area (Å²) in [7, 11) is 0. The third-order valence-electron chi connectivity index (χ3n) is 5.47. The molecule has 32 heavy (non-hydrogen) atoms. The number of aromatic nitrogens is 2. The van der Waals surface area contributed by atoms with E-state index in [4.69, 9.17) is 15.8 Å². The van der Waals surface area contributed by atoms with Crippen LogP contribution in [0.5, 0.6) is 0 Å². The number of allylic oxidation sites excluding steroid dienone is 1. The lowest BCUT2D eigenvalue weighted by Crippen LogP contribution is -2.35. The monoisotopic (exact) mass is 430 g/mol. The summed E-state index contributed by atoms with van der Waals surface area (Å²) in [6.07, 6.45) is 6.89. The fourth-order valence-electron chi connectivity index (χ4n) is 3.74. The Kier molecular flexibility index (Phi) is 6.60. The van der Waals surface area contributed by atoms with Crippen molar-refractivity contribution in [1.29, 1.82) is 0 Å². The first-order valence-electron chi connectivity index (χ1n) is 10.6. The third kappa shape index (κ3) is 5.21. The van der Waals surface area contributed by atoms with Crippen LogP contribution in [0.15, 0.2) is 65.9 Å². The number of nitrogens with one attached hydrogen (secondary N) is 1. The molecule has 1 aliphatic rings. The Bertz CT molecular complexity index is 1150. The molecule has 0 amide bonds. The van der Waals surface area contributed by atoms with Crippen LogP contribution in [0.1, 0.15) is 18.5 Å². The SMILES string of the molecule is NC=C(C=NC1CCN(c2cccc(NCC(=O)O)c2)CC1)c1cnc2ccccc2n1. The van der Waals surface area contributed by atoms with Gasteiger partial charge in [0.15, 0.2) is 0 Å². The van der Waals surface area contributed by atoms with Crippen molar-refractivity contribution in [2.75, 3.05) is 29.9 Å². The van der Waals surface area contributed by atoms with Crippen LogP contribution in [0.25, 0.3) is 16.6 Å². The molecule has 0 unspecified atom stereocenters. The minimum Gasteiger partial charge on any atom is -0.480 e. The second-order valence-electron chi connectivity index (χ2n) is 7.66. The zero-order chi connectivity index (χ0) is 22.3. The molecule has 3 aromatic rings. The number of aliphatic carboxylic acids is 1. The Hall–Kier alpha value is -3.94. The van der Waals surface area contributed by atoms with Crippen molar-refractivity contribution in [3.63, 3.8) is 0 Å². The molecule has 0 radical (unpaired) electrons. The number of nitrogens with two attached hydrogens (primary N) is 1. The van der Waals surface area contributed by atoms with Gasteiger partial charge in [0, 0.05) is 42.5 Å². The number of rotatable bonds is 7. The van der Waals surface area contributed by atoms with Crippen molar-refractivity contribution >= 4 is 40.2 Å². The van der Waals surface area contributed by atoms with E-state index < -0.39 is 5.97 Å². The van der Waals surface area contributed by atoms with E-state index in [2.05, 4.69) is 20.2 Å². The molecule has 4 N–H and O–H groups in total. The summed E-state index contributed by atoms with van der Waals surface area (Å²) in [5.74, 6) is -0.880. The van der Waals surface area contributed by atoms with Gasteiger partial charge in [-0.3, -0.25) is 14.8 Å². The van der Waals surface area contributed by atoms with E-state index in [9.17, 15) is 4.79 Å². The molecule has 164 valence electrons. The molecule has 8 nitrogen and oxygen atoms in total. The van der Waals surface area contributed by atoms with Crippen LogP contribution in [0.2, 0.25) is 0 Å². The maximum atomic E-state index is 10.8. The first-order chi connectivity index (χ1) is 15.6. The second-order valence-corrected chi connectivity index (χ2v) is 7.66. The van der Waals surface area contributed by atoms with Gasteiger partial charge in [-0.05, 0) is 43.2 Å². The maximum absolute atomic E-state index is 10.8. The molecule has 1 aliphatic heterocycles. The molecule has 0 bridgehead atoms. The highest BCUT2D eigenvalue weighted by Crippen LogP contribution is 2.24. The second kappa shape index (κ2) is 9.91. The fourth-order valence-corrected chi connectivity index (χ4v) is 3.74. The third-order valence-corrected chi connectivity index (χ3v) is 5.47. The van der Waals surface area contributed by atoms with Crippen molar-refractivity contribution in [3.05, 3.63) is 66.6 Å². The van der Waals surface area contributed by atoms with Gasteiger partial charge in [0.1, 0.15) is 6.54 Å². The lowest BCUT2D eigenvalue weighted by molar-refractivity contribution is -0.134. The molecule has 0 saturated carbocycles. The maximum Gasteiger partial charge on any atom is 0.322 e. The topological polar surface area (TPSA) is 117 Å². The van der Waals surface area contributed by atoms with Gasteiger partial charge in [0.2, 0.25) is 0 Å².